The maximum Gasteiger partial charge on any atom is 0.314 e. The van der Waals surface area contributed by atoms with Crippen LogP contribution in [0.5, 0.6) is 11.5 Å². The Morgan fingerprint density at radius 2 is 2.18 bits per heavy atom. The fourth-order valence-corrected chi connectivity index (χ4v) is 2.84. The number of methoxy groups -OCH3 is 1. The van der Waals surface area contributed by atoms with Gasteiger partial charge in [0.25, 0.3) is 0 Å². The van der Waals surface area contributed by atoms with Crippen LogP contribution in [0.2, 0.25) is 0 Å². The molecule has 5 heteroatoms. The summed E-state index contributed by atoms with van der Waals surface area (Å²) < 4.78 is 16.1. The van der Waals surface area contributed by atoms with E-state index in [1.807, 2.05) is 31.2 Å². The number of likely N-dealkylation sites (tertiary alicyclic amines) is 1. The largest absolute Gasteiger partial charge is 0.497 e. The first-order valence-electron chi connectivity index (χ1n) is 8.00. The Bertz CT molecular complexity index is 477. The molecule has 0 spiro atoms. The zero-order valence-electron chi connectivity index (χ0n) is 13.5. The van der Waals surface area contributed by atoms with Crippen molar-refractivity contribution in [1.82, 2.24) is 0 Å². The van der Waals surface area contributed by atoms with Crippen molar-refractivity contribution < 1.29 is 23.9 Å². The lowest BCUT2D eigenvalue weighted by atomic mass is 9.98. The first-order chi connectivity index (χ1) is 10.7. The highest BCUT2D eigenvalue weighted by molar-refractivity contribution is 5.72. The van der Waals surface area contributed by atoms with Gasteiger partial charge in [-0.3, -0.25) is 4.79 Å². The van der Waals surface area contributed by atoms with E-state index >= 15 is 0 Å². The monoisotopic (exact) mass is 308 g/mol. The minimum Gasteiger partial charge on any atom is -0.497 e. The summed E-state index contributed by atoms with van der Waals surface area (Å²) >= 11 is 0. The Kier molecular flexibility index (Phi) is 6.52. The molecule has 5 nitrogen and oxygen atoms in total. The van der Waals surface area contributed by atoms with E-state index in [1.165, 1.54) is 4.90 Å². The van der Waals surface area contributed by atoms with E-state index in [2.05, 4.69) is 0 Å². The third-order valence-corrected chi connectivity index (χ3v) is 4.00. The van der Waals surface area contributed by atoms with Crippen LogP contribution in [0.3, 0.4) is 0 Å². The lowest BCUT2D eigenvalue weighted by molar-refractivity contribution is -0.907. The fourth-order valence-electron chi connectivity index (χ4n) is 2.84. The highest BCUT2D eigenvalue weighted by atomic mass is 16.5. The number of esters is 1. The minimum absolute atomic E-state index is 0.0421. The predicted octanol–water partition coefficient (Wildman–Crippen LogP) is 0.932. The number of benzene rings is 1. The second-order valence-electron chi connectivity index (χ2n) is 5.57. The van der Waals surface area contributed by atoms with Crippen molar-refractivity contribution in [1.29, 1.82) is 0 Å². The minimum atomic E-state index is -0.0478. The van der Waals surface area contributed by atoms with Gasteiger partial charge in [0, 0.05) is 6.07 Å². The summed E-state index contributed by atoms with van der Waals surface area (Å²) in [6.45, 7) is 5.79. The Labute approximate surface area is 132 Å². The van der Waals surface area contributed by atoms with Gasteiger partial charge in [-0.1, -0.05) is 6.07 Å². The molecule has 1 aromatic carbocycles. The highest BCUT2D eigenvalue weighted by Gasteiger charge is 2.29. The number of carbonyl (C=O) groups is 1. The summed E-state index contributed by atoms with van der Waals surface area (Å²) in [4.78, 5) is 13.2. The maximum absolute atomic E-state index is 11.8. The van der Waals surface area contributed by atoms with Crippen LogP contribution >= 0.6 is 0 Å². The Morgan fingerprint density at radius 1 is 1.36 bits per heavy atom. The molecule has 1 unspecified atom stereocenters. The van der Waals surface area contributed by atoms with Crippen molar-refractivity contribution in [3.05, 3.63) is 24.3 Å². The third-order valence-electron chi connectivity index (χ3n) is 4.00. The normalized spacial score (nSPS) is 21.2. The summed E-state index contributed by atoms with van der Waals surface area (Å²) in [6, 6.07) is 7.62. The van der Waals surface area contributed by atoms with Gasteiger partial charge < -0.3 is 19.1 Å². The Balaban J connectivity index is 1.75. The van der Waals surface area contributed by atoms with E-state index in [1.54, 1.807) is 7.11 Å². The van der Waals surface area contributed by atoms with E-state index in [-0.39, 0.29) is 11.9 Å². The van der Waals surface area contributed by atoms with Gasteiger partial charge in [0.2, 0.25) is 0 Å². The highest BCUT2D eigenvalue weighted by Crippen LogP contribution is 2.18. The molecule has 0 aliphatic carbocycles. The van der Waals surface area contributed by atoms with E-state index in [9.17, 15) is 4.79 Å². The van der Waals surface area contributed by atoms with Gasteiger partial charge in [-0.15, -0.1) is 0 Å². The quantitative estimate of drug-likeness (QED) is 0.762. The smallest absolute Gasteiger partial charge is 0.314 e. The van der Waals surface area contributed by atoms with Crippen LogP contribution in [-0.4, -0.2) is 45.9 Å². The fraction of sp³-hybridized carbons (Fsp3) is 0.588. The van der Waals surface area contributed by atoms with E-state index in [0.29, 0.717) is 13.2 Å². The van der Waals surface area contributed by atoms with Gasteiger partial charge in [0.1, 0.15) is 30.6 Å². The number of hydrogen-bond acceptors (Lipinski definition) is 4. The molecule has 1 saturated heterocycles. The summed E-state index contributed by atoms with van der Waals surface area (Å²) in [7, 11) is 1.65. The first kappa shape index (κ1) is 16.6. The van der Waals surface area contributed by atoms with Crippen molar-refractivity contribution >= 4 is 5.97 Å². The van der Waals surface area contributed by atoms with Gasteiger partial charge in [-0.2, -0.15) is 0 Å². The van der Waals surface area contributed by atoms with E-state index in [4.69, 9.17) is 14.2 Å². The van der Waals surface area contributed by atoms with Crippen molar-refractivity contribution in [2.75, 3.05) is 40.0 Å². The SMILES string of the molecule is CCOC(=O)[C@@H]1CCC[NH+](CCOc2cccc(OC)c2)C1. The van der Waals surface area contributed by atoms with Crippen LogP contribution in [0, 0.1) is 5.92 Å². The average molecular weight is 308 g/mol. The molecule has 1 aromatic rings. The zero-order valence-corrected chi connectivity index (χ0v) is 13.5. The van der Waals surface area contributed by atoms with Crippen LogP contribution in [0.15, 0.2) is 24.3 Å². The number of hydrogen-bond donors (Lipinski definition) is 1. The van der Waals surface area contributed by atoms with Crippen LogP contribution in [0.1, 0.15) is 19.8 Å². The van der Waals surface area contributed by atoms with E-state index in [0.717, 1.165) is 44.0 Å². The number of ether oxygens (including phenoxy) is 3. The molecule has 1 aliphatic heterocycles. The van der Waals surface area contributed by atoms with Crippen LogP contribution < -0.4 is 14.4 Å². The van der Waals surface area contributed by atoms with Crippen LogP contribution in [0.25, 0.3) is 0 Å². The summed E-state index contributed by atoms with van der Waals surface area (Å²) in [5.41, 5.74) is 0. The van der Waals surface area contributed by atoms with Gasteiger partial charge in [-0.25, -0.2) is 0 Å². The number of quaternary nitrogens is 1. The predicted molar refractivity (Wildman–Crippen MR) is 83.4 cm³/mol. The number of carbonyl (C=O) groups excluding carboxylic acids is 1. The molecule has 2 rings (SSSR count). The molecule has 1 N–H and O–H groups in total. The second-order valence-corrected chi connectivity index (χ2v) is 5.57. The Morgan fingerprint density at radius 3 is 2.95 bits per heavy atom. The number of nitrogens with one attached hydrogen (secondary N) is 1. The second kappa shape index (κ2) is 8.63. The van der Waals surface area contributed by atoms with Crippen molar-refractivity contribution in [2.45, 2.75) is 19.8 Å². The molecule has 2 atom stereocenters. The van der Waals surface area contributed by atoms with Gasteiger partial charge >= 0.3 is 5.97 Å². The number of rotatable bonds is 7. The average Bonchev–Trinajstić information content (AvgIpc) is 2.55. The van der Waals surface area contributed by atoms with E-state index < -0.39 is 0 Å². The zero-order chi connectivity index (χ0) is 15.8. The van der Waals surface area contributed by atoms with Gasteiger partial charge in [0.05, 0.1) is 26.8 Å². The Hall–Kier alpha value is -1.75. The topological polar surface area (TPSA) is 49.2 Å². The third kappa shape index (κ3) is 4.91. The summed E-state index contributed by atoms with van der Waals surface area (Å²) in [5, 5.41) is 0. The lowest BCUT2D eigenvalue weighted by Crippen LogP contribution is -3.14. The van der Waals surface area contributed by atoms with Crippen molar-refractivity contribution in [2.24, 2.45) is 5.92 Å². The molecular formula is C17H26NO4+. The van der Waals surface area contributed by atoms with Crippen LogP contribution in [-0.2, 0) is 9.53 Å². The molecule has 0 bridgehead atoms. The molecule has 22 heavy (non-hydrogen) atoms. The van der Waals surface area contributed by atoms with Crippen molar-refractivity contribution in [3.63, 3.8) is 0 Å². The molecule has 0 aromatic heterocycles. The van der Waals surface area contributed by atoms with Gasteiger partial charge in [-0.05, 0) is 31.9 Å². The molecule has 122 valence electrons. The van der Waals surface area contributed by atoms with Crippen LogP contribution in [0.4, 0.5) is 0 Å². The van der Waals surface area contributed by atoms with Gasteiger partial charge in [0.15, 0.2) is 0 Å². The maximum atomic E-state index is 11.8. The molecule has 0 saturated carbocycles. The standard InChI is InChI=1S/C17H25NO4/c1-3-21-17(19)14-6-5-9-18(13-14)10-11-22-16-8-4-7-15(12-16)20-2/h4,7-8,12,14H,3,5-6,9-11,13H2,1-2H3/p+1/t14-/m1/s1. The van der Waals surface area contributed by atoms with Crippen molar-refractivity contribution in [3.8, 4) is 11.5 Å². The molecule has 0 amide bonds. The summed E-state index contributed by atoms with van der Waals surface area (Å²) in [6.07, 6.45) is 2.01. The number of piperidine rings is 1. The lowest BCUT2D eigenvalue weighted by Gasteiger charge is -2.28. The molecular weight excluding hydrogens is 282 g/mol. The molecule has 1 heterocycles. The molecule has 1 aliphatic rings. The summed E-state index contributed by atoms with van der Waals surface area (Å²) in [5.74, 6) is 1.61. The molecule has 1 fully saturated rings. The first-order valence-corrected chi connectivity index (χ1v) is 8.00. The molecule has 0 radical (unpaired) electrons.